The fraction of sp³-hybridized carbons (Fsp3) is 0.364. The molecule has 30 heavy (non-hydrogen) atoms. The minimum atomic E-state index is -0.183. The maximum absolute atomic E-state index is 12.7. The van der Waals surface area contributed by atoms with E-state index in [1.54, 1.807) is 0 Å². The highest BCUT2D eigenvalue weighted by Gasteiger charge is 2.22. The van der Waals surface area contributed by atoms with Gasteiger partial charge in [-0.25, -0.2) is 0 Å². The van der Waals surface area contributed by atoms with Gasteiger partial charge in [-0.15, -0.1) is 10.2 Å². The number of fused-ring (bicyclic) bond motifs is 1. The van der Waals surface area contributed by atoms with Gasteiger partial charge in [-0.1, -0.05) is 50.2 Å². The summed E-state index contributed by atoms with van der Waals surface area (Å²) in [6.07, 6.45) is 0.851. The lowest BCUT2D eigenvalue weighted by Gasteiger charge is -2.23. The van der Waals surface area contributed by atoms with Crippen molar-refractivity contribution in [3.05, 3.63) is 54.1 Å². The number of carbonyl (C=O) groups excluding carboxylic acids is 1. The van der Waals surface area contributed by atoms with Crippen molar-refractivity contribution >= 4 is 5.91 Å². The molecule has 1 N–H and O–H groups in total. The summed E-state index contributed by atoms with van der Waals surface area (Å²) in [6, 6.07) is 15.2. The summed E-state index contributed by atoms with van der Waals surface area (Å²) in [5.41, 5.74) is 1.83. The van der Waals surface area contributed by atoms with E-state index in [0.29, 0.717) is 19.0 Å². The number of hydrogen-bond acceptors (Lipinski definition) is 6. The zero-order valence-corrected chi connectivity index (χ0v) is 17.1. The van der Waals surface area contributed by atoms with Gasteiger partial charge in [0.05, 0.1) is 19.3 Å². The van der Waals surface area contributed by atoms with Crippen molar-refractivity contribution in [3.63, 3.8) is 0 Å². The quantitative estimate of drug-likeness (QED) is 0.675. The largest absolute Gasteiger partial charge is 0.490 e. The number of nitrogens with one attached hydrogen (secondary N) is 1. The molecule has 0 aliphatic carbocycles. The summed E-state index contributed by atoms with van der Waals surface area (Å²) in [5, 5.41) is 15.4. The Morgan fingerprint density at radius 2 is 1.87 bits per heavy atom. The molecule has 1 aromatic heterocycles. The molecule has 1 aliphatic rings. The molecule has 0 saturated heterocycles. The third kappa shape index (κ3) is 4.59. The molecule has 4 rings (SSSR count). The number of aromatic nitrogens is 4. The van der Waals surface area contributed by atoms with Gasteiger partial charge in [0, 0.05) is 12.0 Å². The number of amides is 1. The second-order valence-electron chi connectivity index (χ2n) is 7.56. The van der Waals surface area contributed by atoms with Crippen LogP contribution in [0.25, 0.3) is 11.4 Å². The summed E-state index contributed by atoms with van der Waals surface area (Å²) in [7, 11) is 0. The average Bonchev–Trinajstić information content (AvgIpc) is 3.08. The molecule has 1 amide bonds. The van der Waals surface area contributed by atoms with Gasteiger partial charge in [0.15, 0.2) is 11.5 Å². The number of ether oxygens (including phenoxy) is 2. The number of rotatable bonds is 6. The van der Waals surface area contributed by atoms with Crippen LogP contribution in [0.15, 0.2) is 48.5 Å². The lowest BCUT2D eigenvalue weighted by atomic mass is 9.95. The fourth-order valence-corrected chi connectivity index (χ4v) is 3.37. The Labute approximate surface area is 175 Å². The van der Waals surface area contributed by atoms with Crippen LogP contribution >= 0.6 is 0 Å². The summed E-state index contributed by atoms with van der Waals surface area (Å²) in [5.74, 6) is 1.95. The van der Waals surface area contributed by atoms with Crippen LogP contribution in [0.3, 0.4) is 0 Å². The highest BCUT2D eigenvalue weighted by atomic mass is 16.5. The summed E-state index contributed by atoms with van der Waals surface area (Å²) in [6.45, 7) is 5.39. The normalized spacial score (nSPS) is 14.2. The molecule has 8 nitrogen and oxygen atoms in total. The van der Waals surface area contributed by atoms with E-state index in [9.17, 15) is 4.79 Å². The molecule has 0 fully saturated rings. The average molecular weight is 407 g/mol. The maximum atomic E-state index is 12.7. The molecule has 3 aromatic rings. The maximum Gasteiger partial charge on any atom is 0.244 e. The fourth-order valence-electron chi connectivity index (χ4n) is 3.37. The molecule has 1 aliphatic heterocycles. The zero-order valence-electron chi connectivity index (χ0n) is 17.1. The Kier molecular flexibility index (Phi) is 5.92. The monoisotopic (exact) mass is 407 g/mol. The van der Waals surface area contributed by atoms with Crippen LogP contribution in [0, 0.1) is 5.92 Å². The first-order chi connectivity index (χ1) is 14.6. The smallest absolute Gasteiger partial charge is 0.244 e. The highest BCUT2D eigenvalue weighted by Crippen LogP contribution is 2.34. The van der Waals surface area contributed by atoms with Crippen LogP contribution in [0.1, 0.15) is 31.9 Å². The Balaban J connectivity index is 1.45. The molecular formula is C22H25N5O3. The first-order valence-electron chi connectivity index (χ1n) is 10.1. The van der Waals surface area contributed by atoms with E-state index < -0.39 is 0 Å². The minimum Gasteiger partial charge on any atom is -0.490 e. The van der Waals surface area contributed by atoms with Crippen molar-refractivity contribution in [3.8, 4) is 22.9 Å². The minimum absolute atomic E-state index is 0.00634. The van der Waals surface area contributed by atoms with Crippen molar-refractivity contribution in [1.82, 2.24) is 25.5 Å². The van der Waals surface area contributed by atoms with E-state index in [1.807, 2.05) is 48.5 Å². The van der Waals surface area contributed by atoms with Crippen LogP contribution in [-0.4, -0.2) is 39.3 Å². The van der Waals surface area contributed by atoms with Crippen LogP contribution < -0.4 is 14.8 Å². The van der Waals surface area contributed by atoms with E-state index in [2.05, 4.69) is 34.6 Å². The molecule has 156 valence electrons. The summed E-state index contributed by atoms with van der Waals surface area (Å²) < 4.78 is 11.5. The van der Waals surface area contributed by atoms with Gasteiger partial charge in [0.2, 0.25) is 11.7 Å². The number of carbonyl (C=O) groups is 1. The first kappa shape index (κ1) is 19.9. The van der Waals surface area contributed by atoms with Gasteiger partial charge in [-0.05, 0) is 28.8 Å². The molecular weight excluding hydrogens is 382 g/mol. The number of nitrogens with zero attached hydrogens (tertiary/aromatic N) is 4. The van der Waals surface area contributed by atoms with E-state index in [0.717, 1.165) is 29.0 Å². The Morgan fingerprint density at radius 3 is 2.63 bits per heavy atom. The van der Waals surface area contributed by atoms with Gasteiger partial charge >= 0.3 is 0 Å². The summed E-state index contributed by atoms with van der Waals surface area (Å²) in [4.78, 5) is 14.0. The Bertz CT molecular complexity index is 1000. The van der Waals surface area contributed by atoms with Crippen molar-refractivity contribution in [2.75, 3.05) is 13.2 Å². The van der Waals surface area contributed by atoms with Crippen molar-refractivity contribution < 1.29 is 14.3 Å². The van der Waals surface area contributed by atoms with Gasteiger partial charge in [-0.3, -0.25) is 4.79 Å². The van der Waals surface area contributed by atoms with Crippen LogP contribution in [0.2, 0.25) is 0 Å². The number of hydrogen-bond donors (Lipinski definition) is 1. The highest BCUT2D eigenvalue weighted by molar-refractivity contribution is 5.76. The number of benzene rings is 2. The lowest BCUT2D eigenvalue weighted by Crippen LogP contribution is -2.34. The topological polar surface area (TPSA) is 91.2 Å². The van der Waals surface area contributed by atoms with Crippen LogP contribution in [-0.2, 0) is 11.3 Å². The Morgan fingerprint density at radius 1 is 1.10 bits per heavy atom. The van der Waals surface area contributed by atoms with Crippen molar-refractivity contribution in [2.45, 2.75) is 32.9 Å². The molecule has 1 atom stereocenters. The van der Waals surface area contributed by atoms with Crippen LogP contribution in [0.4, 0.5) is 0 Å². The molecule has 0 bridgehead atoms. The SMILES string of the molecule is CC(C)C(NC(=O)Cn1nnc(-c2ccccc2)n1)c1ccc2c(c1)OCCCO2. The predicted molar refractivity (Wildman–Crippen MR) is 111 cm³/mol. The first-order valence-corrected chi connectivity index (χ1v) is 10.1. The van der Waals surface area contributed by atoms with Gasteiger partial charge in [-0.2, -0.15) is 4.80 Å². The van der Waals surface area contributed by atoms with Gasteiger partial charge in [0.1, 0.15) is 6.54 Å². The Hall–Kier alpha value is -3.42. The van der Waals surface area contributed by atoms with Crippen molar-refractivity contribution in [1.29, 1.82) is 0 Å². The van der Waals surface area contributed by atoms with Gasteiger partial charge < -0.3 is 14.8 Å². The second-order valence-corrected chi connectivity index (χ2v) is 7.56. The van der Waals surface area contributed by atoms with Crippen LogP contribution in [0.5, 0.6) is 11.5 Å². The van der Waals surface area contributed by atoms with E-state index in [4.69, 9.17) is 9.47 Å². The lowest BCUT2D eigenvalue weighted by molar-refractivity contribution is -0.123. The molecule has 2 heterocycles. The van der Waals surface area contributed by atoms with Gasteiger partial charge in [0.25, 0.3) is 0 Å². The molecule has 0 radical (unpaired) electrons. The molecule has 2 aromatic carbocycles. The summed E-state index contributed by atoms with van der Waals surface area (Å²) >= 11 is 0. The molecule has 0 saturated carbocycles. The molecule has 0 spiro atoms. The molecule has 1 unspecified atom stereocenters. The van der Waals surface area contributed by atoms with E-state index in [-0.39, 0.29) is 24.4 Å². The third-order valence-electron chi connectivity index (χ3n) is 4.88. The predicted octanol–water partition coefficient (Wildman–Crippen LogP) is 3.01. The van der Waals surface area contributed by atoms with E-state index in [1.165, 1.54) is 4.80 Å². The zero-order chi connectivity index (χ0) is 20.9. The third-order valence-corrected chi connectivity index (χ3v) is 4.88. The number of tetrazole rings is 1. The van der Waals surface area contributed by atoms with Crippen molar-refractivity contribution in [2.24, 2.45) is 5.92 Å². The second kappa shape index (κ2) is 8.94. The standard InChI is InChI=1S/C22H25N5O3/c1-15(2)21(17-9-10-18-19(13-17)30-12-6-11-29-18)23-20(28)14-27-25-22(24-26-27)16-7-4-3-5-8-16/h3-5,7-10,13,15,21H,6,11-12,14H2,1-2H3,(H,23,28). The van der Waals surface area contributed by atoms with E-state index >= 15 is 0 Å². The molecule has 8 heteroatoms.